The number of benzene rings is 2. The molecule has 0 radical (unpaired) electrons. The van der Waals surface area contributed by atoms with Crippen LogP contribution in [0.25, 0.3) is 0 Å². The number of nitrogens with one attached hydrogen (secondary N) is 2. The van der Waals surface area contributed by atoms with Gasteiger partial charge in [-0.05, 0) is 112 Å². The van der Waals surface area contributed by atoms with E-state index in [1.165, 1.54) is 43.2 Å². The Morgan fingerprint density at radius 3 is 2.42 bits per heavy atom. The van der Waals surface area contributed by atoms with Gasteiger partial charge in [0, 0.05) is 29.1 Å². The number of rotatable bonds is 16. The van der Waals surface area contributed by atoms with Gasteiger partial charge in [0.2, 0.25) is 12.3 Å². The summed E-state index contributed by atoms with van der Waals surface area (Å²) >= 11 is 1.76. The van der Waals surface area contributed by atoms with Crippen molar-refractivity contribution >= 4 is 30.4 Å². The Hall–Kier alpha value is -2.48. The first kappa shape index (κ1) is 33.4. The molecule has 0 saturated heterocycles. The number of fused-ring (bicyclic) bond motifs is 2. The fourth-order valence-corrected chi connectivity index (χ4v) is 8.71. The highest BCUT2D eigenvalue weighted by molar-refractivity contribution is 7.99. The zero-order valence-corrected chi connectivity index (χ0v) is 27.4. The maximum Gasteiger partial charge on any atom is 0.243 e. The Kier molecular flexibility index (Phi) is 12.4. The van der Waals surface area contributed by atoms with Crippen LogP contribution in [0.4, 0.5) is 0 Å². The van der Waals surface area contributed by atoms with E-state index in [0.717, 1.165) is 66.1 Å². The van der Waals surface area contributed by atoms with E-state index < -0.39 is 6.04 Å². The van der Waals surface area contributed by atoms with Crippen LogP contribution in [0, 0.1) is 17.8 Å². The third kappa shape index (κ3) is 9.50. The minimum atomic E-state index is -0.431. The summed E-state index contributed by atoms with van der Waals surface area (Å²) in [7, 11) is 1.88. The molecule has 2 aromatic carbocycles. The summed E-state index contributed by atoms with van der Waals surface area (Å²) in [6.07, 6.45) is 11.7. The molecule has 0 aromatic heterocycles. The van der Waals surface area contributed by atoms with Crippen molar-refractivity contribution < 1.29 is 14.4 Å². The monoisotopic (exact) mass is 605 g/mol. The molecule has 2 bridgehead atoms. The zero-order valence-electron chi connectivity index (χ0n) is 26.6. The standard InChI is InChI=1S/C36H51N3O3S/c1-5-8-33(35(42)37-25-41)39(4)23-32-31(24-40)10-6-11-34(32)43-16-7-9-27-12-14-28(15-13-27)22-38-36(3)20-29-17-26(2)18-30(19-29)21-36/h6,10-15,24-26,29-30,33,38H,5,7-9,16-23H2,1-4H3,(H,37,41,42). The second-order valence-corrected chi connectivity index (χ2v) is 14.6. The second-order valence-electron chi connectivity index (χ2n) is 13.4. The molecule has 0 heterocycles. The summed E-state index contributed by atoms with van der Waals surface area (Å²) in [5.41, 5.74) is 4.55. The summed E-state index contributed by atoms with van der Waals surface area (Å²) < 4.78 is 0. The maximum absolute atomic E-state index is 12.5. The molecule has 6 nitrogen and oxygen atoms in total. The van der Waals surface area contributed by atoms with Gasteiger partial charge in [-0.1, -0.05) is 56.7 Å². The zero-order chi connectivity index (χ0) is 30.8. The average molecular weight is 606 g/mol. The molecule has 2 aliphatic carbocycles. The van der Waals surface area contributed by atoms with Crippen molar-refractivity contribution in [2.75, 3.05) is 12.8 Å². The van der Waals surface area contributed by atoms with Gasteiger partial charge < -0.3 is 5.32 Å². The van der Waals surface area contributed by atoms with Gasteiger partial charge in [0.25, 0.3) is 0 Å². The Morgan fingerprint density at radius 2 is 1.77 bits per heavy atom. The molecule has 3 unspecified atom stereocenters. The van der Waals surface area contributed by atoms with Crippen molar-refractivity contribution in [3.8, 4) is 0 Å². The predicted octanol–water partition coefficient (Wildman–Crippen LogP) is 6.79. The number of likely N-dealkylation sites (N-methyl/N-ethyl adjacent to an activating group) is 1. The fraction of sp³-hybridized carbons (Fsp3) is 0.583. The van der Waals surface area contributed by atoms with Gasteiger partial charge in [0.1, 0.15) is 6.29 Å². The van der Waals surface area contributed by atoms with Crippen molar-refractivity contribution in [2.24, 2.45) is 17.8 Å². The molecule has 2 N–H and O–H groups in total. The van der Waals surface area contributed by atoms with E-state index in [2.05, 4.69) is 54.8 Å². The van der Waals surface area contributed by atoms with Crippen LogP contribution in [-0.2, 0) is 29.1 Å². The van der Waals surface area contributed by atoms with Crippen LogP contribution in [0.5, 0.6) is 0 Å². The molecule has 2 amide bonds. The topological polar surface area (TPSA) is 78.5 Å². The quantitative estimate of drug-likeness (QED) is 0.125. The lowest BCUT2D eigenvalue weighted by molar-refractivity contribution is -0.129. The van der Waals surface area contributed by atoms with E-state index in [1.807, 2.05) is 31.0 Å². The number of carbonyl (C=O) groups is 3. The first-order chi connectivity index (χ1) is 20.7. The van der Waals surface area contributed by atoms with Crippen LogP contribution in [0.3, 0.4) is 0 Å². The molecule has 234 valence electrons. The molecule has 0 spiro atoms. The summed E-state index contributed by atoms with van der Waals surface area (Å²) in [6.45, 7) is 8.28. The van der Waals surface area contributed by atoms with Gasteiger partial charge in [-0.15, -0.1) is 11.8 Å². The molecule has 7 heteroatoms. The van der Waals surface area contributed by atoms with Crippen LogP contribution < -0.4 is 10.6 Å². The molecule has 4 rings (SSSR count). The molecule has 2 aromatic rings. The SMILES string of the molecule is CCCC(C(=O)NC=O)N(C)Cc1c(C=O)cccc1SCCCc1ccc(CNC2(C)CC3CC(C)CC(C3)C2)cc1. The molecule has 2 saturated carbocycles. The smallest absolute Gasteiger partial charge is 0.243 e. The van der Waals surface area contributed by atoms with E-state index in [1.54, 1.807) is 11.8 Å². The Morgan fingerprint density at radius 1 is 1.07 bits per heavy atom. The third-order valence-corrected chi connectivity index (χ3v) is 10.7. The first-order valence-electron chi connectivity index (χ1n) is 16.2. The van der Waals surface area contributed by atoms with Crippen LogP contribution in [0.2, 0.25) is 0 Å². The lowest BCUT2D eigenvalue weighted by atomic mass is 9.62. The minimum absolute atomic E-state index is 0.261. The Labute approximate surface area is 263 Å². The van der Waals surface area contributed by atoms with Crippen LogP contribution in [0.1, 0.15) is 99.2 Å². The van der Waals surface area contributed by atoms with E-state index in [9.17, 15) is 14.4 Å². The Bertz CT molecular complexity index is 1200. The second kappa shape index (κ2) is 16.0. The predicted molar refractivity (Wildman–Crippen MR) is 176 cm³/mol. The minimum Gasteiger partial charge on any atom is -0.307 e. The number of hydrogen-bond donors (Lipinski definition) is 2. The summed E-state index contributed by atoms with van der Waals surface area (Å²) in [6, 6.07) is 14.5. The number of hydrogen-bond acceptors (Lipinski definition) is 6. The molecule has 3 atom stereocenters. The number of aldehydes is 1. The van der Waals surface area contributed by atoms with Crippen LogP contribution in [0.15, 0.2) is 47.4 Å². The van der Waals surface area contributed by atoms with Gasteiger partial charge in [0.15, 0.2) is 0 Å². The van der Waals surface area contributed by atoms with Crippen molar-refractivity contribution in [3.05, 3.63) is 64.7 Å². The summed E-state index contributed by atoms with van der Waals surface area (Å²) in [5, 5.41) is 6.23. The van der Waals surface area contributed by atoms with E-state index in [4.69, 9.17) is 0 Å². The lowest BCUT2D eigenvalue weighted by Crippen LogP contribution is -2.50. The summed E-state index contributed by atoms with van der Waals surface area (Å²) in [4.78, 5) is 38.2. The normalized spacial score (nSPS) is 24.0. The van der Waals surface area contributed by atoms with Gasteiger partial charge in [-0.25, -0.2) is 0 Å². The molecule has 43 heavy (non-hydrogen) atoms. The molecule has 2 fully saturated rings. The van der Waals surface area contributed by atoms with Crippen molar-refractivity contribution in [1.82, 2.24) is 15.5 Å². The van der Waals surface area contributed by atoms with Gasteiger partial charge >= 0.3 is 0 Å². The largest absolute Gasteiger partial charge is 0.307 e. The highest BCUT2D eigenvalue weighted by Crippen LogP contribution is 2.46. The van der Waals surface area contributed by atoms with E-state index in [0.29, 0.717) is 24.9 Å². The highest BCUT2D eigenvalue weighted by atomic mass is 32.2. The number of imide groups is 1. The molecule has 0 aliphatic heterocycles. The lowest BCUT2D eigenvalue weighted by Gasteiger charge is -2.47. The third-order valence-electron chi connectivity index (χ3n) is 9.53. The number of amides is 2. The van der Waals surface area contributed by atoms with E-state index >= 15 is 0 Å². The number of nitrogens with zero attached hydrogens (tertiary/aromatic N) is 1. The van der Waals surface area contributed by atoms with Crippen LogP contribution >= 0.6 is 11.8 Å². The first-order valence-corrected chi connectivity index (χ1v) is 17.2. The van der Waals surface area contributed by atoms with Gasteiger partial charge in [0.05, 0.1) is 6.04 Å². The number of carbonyl (C=O) groups excluding carboxylic acids is 3. The number of aryl methyl sites for hydroxylation is 1. The fourth-order valence-electron chi connectivity index (χ4n) is 7.67. The highest BCUT2D eigenvalue weighted by Gasteiger charge is 2.40. The number of thioether (sulfide) groups is 1. The van der Waals surface area contributed by atoms with Crippen LogP contribution in [-0.4, -0.2) is 47.9 Å². The molecular weight excluding hydrogens is 554 g/mol. The van der Waals surface area contributed by atoms with Crippen molar-refractivity contribution in [2.45, 2.75) is 108 Å². The van der Waals surface area contributed by atoms with Gasteiger partial charge in [-0.2, -0.15) is 0 Å². The van der Waals surface area contributed by atoms with Gasteiger partial charge in [-0.3, -0.25) is 24.6 Å². The molecular formula is C36H51N3O3S. The van der Waals surface area contributed by atoms with E-state index in [-0.39, 0.29) is 11.4 Å². The maximum atomic E-state index is 12.5. The average Bonchev–Trinajstić information content (AvgIpc) is 2.97. The summed E-state index contributed by atoms with van der Waals surface area (Å²) in [5.74, 6) is 3.32. The Balaban J connectivity index is 1.27. The molecule has 2 aliphatic rings. The van der Waals surface area contributed by atoms with Crippen molar-refractivity contribution in [3.63, 3.8) is 0 Å². The van der Waals surface area contributed by atoms with Crippen molar-refractivity contribution in [1.29, 1.82) is 0 Å².